The minimum Gasteiger partial charge on any atom is -0.270 e. The van der Waals surface area contributed by atoms with E-state index in [2.05, 4.69) is 4.18 Å². The second kappa shape index (κ2) is 3.47. The van der Waals surface area contributed by atoms with E-state index in [1.54, 1.807) is 19.1 Å². The Morgan fingerprint density at radius 2 is 1.85 bits per heavy atom. The van der Waals surface area contributed by atoms with Crippen LogP contribution in [0.4, 0.5) is 0 Å². The first-order valence-electron chi connectivity index (χ1n) is 3.86. The normalized spacial score (nSPS) is 11.6. The van der Waals surface area contributed by atoms with E-state index in [0.717, 1.165) is 18.2 Å². The lowest BCUT2D eigenvalue weighted by Gasteiger charge is -2.06. The van der Waals surface area contributed by atoms with Crippen LogP contribution in [0, 0.1) is 13.8 Å². The van der Waals surface area contributed by atoms with Crippen LogP contribution in [0.3, 0.4) is 0 Å². The van der Waals surface area contributed by atoms with Gasteiger partial charge in [-0.05, 0) is 31.0 Å². The van der Waals surface area contributed by atoms with Gasteiger partial charge in [0.15, 0.2) is 0 Å². The van der Waals surface area contributed by atoms with E-state index in [0.29, 0.717) is 0 Å². The highest BCUT2D eigenvalue weighted by atomic mass is 32.2. The molecule has 0 N–H and O–H groups in total. The van der Waals surface area contributed by atoms with Crippen molar-refractivity contribution in [3.05, 3.63) is 29.3 Å². The predicted octanol–water partition coefficient (Wildman–Crippen LogP) is 1.64. The van der Waals surface area contributed by atoms with Crippen molar-refractivity contribution in [2.24, 2.45) is 0 Å². The highest BCUT2D eigenvalue weighted by molar-refractivity contribution is 7.86. The molecular formula is C9H12O3S. The zero-order chi connectivity index (χ0) is 10.1. The van der Waals surface area contributed by atoms with Crippen molar-refractivity contribution in [2.45, 2.75) is 18.7 Å². The number of benzene rings is 1. The van der Waals surface area contributed by atoms with Crippen molar-refractivity contribution in [3.63, 3.8) is 0 Å². The Balaban J connectivity index is 3.40. The summed E-state index contributed by atoms with van der Waals surface area (Å²) in [6, 6.07) is 5.11. The highest BCUT2D eigenvalue weighted by Crippen LogP contribution is 2.19. The van der Waals surface area contributed by atoms with Crippen LogP contribution >= 0.6 is 0 Å². The molecule has 0 saturated carbocycles. The topological polar surface area (TPSA) is 43.4 Å². The van der Waals surface area contributed by atoms with Gasteiger partial charge in [-0.3, -0.25) is 4.18 Å². The number of rotatable bonds is 2. The van der Waals surface area contributed by atoms with Gasteiger partial charge in [0.1, 0.15) is 0 Å². The van der Waals surface area contributed by atoms with Gasteiger partial charge in [0.25, 0.3) is 10.1 Å². The van der Waals surface area contributed by atoms with E-state index in [1.807, 2.05) is 13.0 Å². The van der Waals surface area contributed by atoms with Crippen molar-refractivity contribution < 1.29 is 12.6 Å². The molecule has 3 nitrogen and oxygen atoms in total. The second-order valence-electron chi connectivity index (χ2n) is 2.82. The molecule has 0 radical (unpaired) electrons. The molecule has 0 bridgehead atoms. The van der Waals surface area contributed by atoms with Crippen molar-refractivity contribution in [1.29, 1.82) is 0 Å². The average Bonchev–Trinajstić information content (AvgIpc) is 2.09. The molecule has 1 aromatic carbocycles. The van der Waals surface area contributed by atoms with Crippen LogP contribution in [0.25, 0.3) is 0 Å². The van der Waals surface area contributed by atoms with Crippen LogP contribution in [0.5, 0.6) is 0 Å². The van der Waals surface area contributed by atoms with Gasteiger partial charge < -0.3 is 0 Å². The van der Waals surface area contributed by atoms with Crippen molar-refractivity contribution >= 4 is 10.1 Å². The minimum absolute atomic E-state index is 0.245. The standard InChI is InChI=1S/C9H12O3S/c1-7-5-4-6-9(8(7)2)13(10,11)12-3/h4-6H,1-3H3. The molecule has 0 aliphatic heterocycles. The lowest BCUT2D eigenvalue weighted by molar-refractivity contribution is 0.397. The van der Waals surface area contributed by atoms with Crippen molar-refractivity contribution in [3.8, 4) is 0 Å². The summed E-state index contributed by atoms with van der Waals surface area (Å²) >= 11 is 0. The largest absolute Gasteiger partial charge is 0.296 e. The molecule has 72 valence electrons. The van der Waals surface area contributed by atoms with E-state index in [4.69, 9.17) is 0 Å². The number of hydrogen-bond donors (Lipinski definition) is 0. The molecule has 0 spiro atoms. The zero-order valence-electron chi connectivity index (χ0n) is 7.87. The van der Waals surface area contributed by atoms with Crippen molar-refractivity contribution in [1.82, 2.24) is 0 Å². The molecule has 13 heavy (non-hydrogen) atoms. The molecule has 0 heterocycles. The van der Waals surface area contributed by atoms with Crippen LogP contribution in [0.15, 0.2) is 23.1 Å². The lowest BCUT2D eigenvalue weighted by atomic mass is 10.1. The Labute approximate surface area is 78.5 Å². The summed E-state index contributed by atoms with van der Waals surface area (Å²) in [4.78, 5) is 0.245. The molecule has 0 aliphatic carbocycles. The summed E-state index contributed by atoms with van der Waals surface area (Å²) in [6.45, 7) is 3.63. The fraction of sp³-hybridized carbons (Fsp3) is 0.333. The summed E-state index contributed by atoms with van der Waals surface area (Å²) in [5.41, 5.74) is 1.68. The minimum atomic E-state index is -3.55. The van der Waals surface area contributed by atoms with Crippen LogP contribution in [-0.2, 0) is 14.3 Å². The van der Waals surface area contributed by atoms with Gasteiger partial charge in [-0.25, -0.2) is 0 Å². The van der Waals surface area contributed by atoms with Gasteiger partial charge in [0, 0.05) is 0 Å². The van der Waals surface area contributed by atoms with E-state index < -0.39 is 10.1 Å². The first kappa shape index (κ1) is 10.2. The molecule has 0 saturated heterocycles. The maximum atomic E-state index is 11.4. The van der Waals surface area contributed by atoms with Gasteiger partial charge >= 0.3 is 0 Å². The van der Waals surface area contributed by atoms with Gasteiger partial charge in [-0.2, -0.15) is 8.42 Å². The Bertz CT molecular complexity index is 407. The first-order valence-corrected chi connectivity index (χ1v) is 5.26. The van der Waals surface area contributed by atoms with Crippen LogP contribution in [-0.4, -0.2) is 15.5 Å². The number of hydrogen-bond acceptors (Lipinski definition) is 3. The lowest BCUT2D eigenvalue weighted by Crippen LogP contribution is -2.05. The Morgan fingerprint density at radius 3 is 2.38 bits per heavy atom. The summed E-state index contributed by atoms with van der Waals surface area (Å²) < 4.78 is 27.1. The molecule has 0 unspecified atom stereocenters. The van der Waals surface area contributed by atoms with Crippen LogP contribution < -0.4 is 0 Å². The molecule has 0 atom stereocenters. The third kappa shape index (κ3) is 1.89. The SMILES string of the molecule is COS(=O)(=O)c1cccc(C)c1C. The Hall–Kier alpha value is -0.870. The molecule has 4 heteroatoms. The van der Waals surface area contributed by atoms with Crippen LogP contribution in [0.1, 0.15) is 11.1 Å². The smallest absolute Gasteiger partial charge is 0.270 e. The number of aryl methyl sites for hydroxylation is 1. The van der Waals surface area contributed by atoms with E-state index >= 15 is 0 Å². The highest BCUT2D eigenvalue weighted by Gasteiger charge is 2.15. The molecule has 0 aromatic heterocycles. The maximum absolute atomic E-state index is 11.4. The molecule has 1 aromatic rings. The van der Waals surface area contributed by atoms with Crippen LogP contribution in [0.2, 0.25) is 0 Å². The molecule has 0 aliphatic rings. The summed E-state index contributed by atoms with van der Waals surface area (Å²) in [7, 11) is -2.39. The van der Waals surface area contributed by atoms with Gasteiger partial charge in [-0.15, -0.1) is 0 Å². The third-order valence-corrected chi connectivity index (χ3v) is 3.46. The molecule has 0 fully saturated rings. The monoisotopic (exact) mass is 200 g/mol. The molecule has 1 rings (SSSR count). The average molecular weight is 200 g/mol. The van der Waals surface area contributed by atoms with Gasteiger partial charge in [-0.1, -0.05) is 12.1 Å². The third-order valence-electron chi connectivity index (χ3n) is 2.04. The van der Waals surface area contributed by atoms with E-state index in [1.165, 1.54) is 0 Å². The van der Waals surface area contributed by atoms with Gasteiger partial charge in [0.05, 0.1) is 12.0 Å². The maximum Gasteiger partial charge on any atom is 0.296 e. The predicted molar refractivity (Wildman–Crippen MR) is 50.1 cm³/mol. The Kier molecular flexibility index (Phi) is 2.73. The second-order valence-corrected chi connectivity index (χ2v) is 4.50. The first-order chi connectivity index (χ1) is 5.99. The fourth-order valence-corrected chi connectivity index (χ4v) is 2.05. The summed E-state index contributed by atoms with van der Waals surface area (Å²) in [5.74, 6) is 0. The molecular weight excluding hydrogens is 188 g/mol. The Morgan fingerprint density at radius 1 is 1.23 bits per heavy atom. The van der Waals surface area contributed by atoms with Gasteiger partial charge in [0.2, 0.25) is 0 Å². The zero-order valence-corrected chi connectivity index (χ0v) is 8.68. The van der Waals surface area contributed by atoms with Crippen molar-refractivity contribution in [2.75, 3.05) is 7.11 Å². The van der Waals surface area contributed by atoms with E-state index in [-0.39, 0.29) is 4.90 Å². The van der Waals surface area contributed by atoms with E-state index in [9.17, 15) is 8.42 Å². The fourth-order valence-electron chi connectivity index (χ4n) is 1.08. The summed E-state index contributed by atoms with van der Waals surface area (Å²) in [5, 5.41) is 0. The quantitative estimate of drug-likeness (QED) is 0.681. The molecule has 0 amide bonds. The summed E-state index contributed by atoms with van der Waals surface area (Å²) in [6.07, 6.45) is 0.